The number of hydrogen-bond donors (Lipinski definition) is 2. The number of piperazine rings is 1. The molecule has 2 fully saturated rings. The molecule has 10 heteroatoms. The molecule has 2 aliphatic heterocycles. The van der Waals surface area contributed by atoms with Gasteiger partial charge in [-0.1, -0.05) is 11.6 Å². The Morgan fingerprint density at radius 3 is 2.46 bits per heavy atom. The number of hydrogen-bond acceptors (Lipinski definition) is 5. The Bertz CT molecular complexity index is 1200. The van der Waals surface area contributed by atoms with Crippen molar-refractivity contribution < 1.29 is 9.59 Å². The van der Waals surface area contributed by atoms with Gasteiger partial charge in [0.05, 0.1) is 0 Å². The monoisotopic (exact) mass is 544 g/mol. The molecule has 1 atom stereocenters. The van der Waals surface area contributed by atoms with Crippen LogP contribution < -0.4 is 5.32 Å². The zero-order valence-electron chi connectivity index (χ0n) is 21.0. The van der Waals surface area contributed by atoms with Crippen molar-refractivity contribution in [3.63, 3.8) is 0 Å². The molecule has 198 valence electrons. The lowest BCUT2D eigenvalue weighted by Crippen LogP contribution is -2.58. The number of amides is 2. The normalized spacial score (nSPS) is 18.4. The quantitative estimate of drug-likeness (QED) is 0.497. The number of halogens is 2. The molecule has 37 heavy (non-hydrogen) atoms. The molecular formula is C27H34Cl2N6O2. The average Bonchev–Trinajstić information content (AvgIpc) is 3.32. The van der Waals surface area contributed by atoms with Crippen LogP contribution in [0.3, 0.4) is 0 Å². The third kappa shape index (κ3) is 6.62. The van der Waals surface area contributed by atoms with E-state index in [4.69, 9.17) is 11.6 Å². The molecular weight excluding hydrogens is 511 g/mol. The van der Waals surface area contributed by atoms with Gasteiger partial charge in [0.1, 0.15) is 11.7 Å². The predicted octanol–water partition coefficient (Wildman–Crippen LogP) is 3.22. The maximum atomic E-state index is 13.7. The van der Waals surface area contributed by atoms with Crippen LogP contribution in [-0.2, 0) is 11.2 Å². The van der Waals surface area contributed by atoms with Gasteiger partial charge < -0.3 is 20.1 Å². The molecule has 3 aromatic rings. The van der Waals surface area contributed by atoms with E-state index in [9.17, 15) is 9.59 Å². The van der Waals surface area contributed by atoms with Gasteiger partial charge in [0.15, 0.2) is 0 Å². The zero-order chi connectivity index (χ0) is 25.1. The lowest BCUT2D eigenvalue weighted by molar-refractivity contribution is -0.135. The first-order valence-electron chi connectivity index (χ1n) is 12.7. The first-order chi connectivity index (χ1) is 17.5. The molecule has 0 spiro atoms. The average molecular weight is 546 g/mol. The van der Waals surface area contributed by atoms with Crippen molar-refractivity contribution in [2.45, 2.75) is 31.3 Å². The van der Waals surface area contributed by atoms with Gasteiger partial charge in [-0.3, -0.25) is 19.5 Å². The largest absolute Gasteiger partial charge is 0.351 e. The SMILES string of the molecule is CN1CCC(N2CCN(C(=O)[C@@H](Cc3ccncc3)NC(=O)c3cc4cc(Cl)ccc4[nH]3)CC2)CC1.Cl. The van der Waals surface area contributed by atoms with E-state index in [0.29, 0.717) is 36.3 Å². The maximum absolute atomic E-state index is 13.7. The molecule has 2 aliphatic rings. The summed E-state index contributed by atoms with van der Waals surface area (Å²) in [7, 11) is 2.18. The first kappa shape index (κ1) is 27.4. The molecule has 2 saturated heterocycles. The van der Waals surface area contributed by atoms with Crippen molar-refractivity contribution in [3.8, 4) is 0 Å². The van der Waals surface area contributed by atoms with Crippen LogP contribution >= 0.6 is 24.0 Å². The lowest BCUT2D eigenvalue weighted by Gasteiger charge is -2.42. The van der Waals surface area contributed by atoms with Crippen LogP contribution in [0.1, 0.15) is 28.9 Å². The van der Waals surface area contributed by atoms with E-state index < -0.39 is 6.04 Å². The molecule has 4 heterocycles. The second kappa shape index (κ2) is 12.3. The van der Waals surface area contributed by atoms with Crippen LogP contribution in [0.15, 0.2) is 48.8 Å². The van der Waals surface area contributed by atoms with Crippen molar-refractivity contribution in [1.82, 2.24) is 30.0 Å². The van der Waals surface area contributed by atoms with Gasteiger partial charge in [0, 0.05) is 67.0 Å². The van der Waals surface area contributed by atoms with Gasteiger partial charge in [-0.05, 0) is 74.9 Å². The minimum absolute atomic E-state index is 0. The van der Waals surface area contributed by atoms with Crippen molar-refractivity contribution in [2.24, 2.45) is 0 Å². The summed E-state index contributed by atoms with van der Waals surface area (Å²) in [6.45, 7) is 5.36. The number of carbonyl (C=O) groups excluding carboxylic acids is 2. The number of H-pyrrole nitrogens is 1. The smallest absolute Gasteiger partial charge is 0.268 e. The Balaban J connectivity index is 0.00000320. The van der Waals surface area contributed by atoms with Crippen molar-refractivity contribution in [3.05, 3.63) is 65.1 Å². The highest BCUT2D eigenvalue weighted by Crippen LogP contribution is 2.21. The summed E-state index contributed by atoms with van der Waals surface area (Å²) in [6, 6.07) is 10.9. The van der Waals surface area contributed by atoms with Gasteiger partial charge in [-0.25, -0.2) is 0 Å². The number of carbonyl (C=O) groups is 2. The van der Waals surface area contributed by atoms with Crippen LogP contribution in [0.4, 0.5) is 0 Å². The van der Waals surface area contributed by atoms with E-state index in [2.05, 4.69) is 32.1 Å². The Morgan fingerprint density at radius 1 is 1.05 bits per heavy atom. The lowest BCUT2D eigenvalue weighted by atomic mass is 10.0. The van der Waals surface area contributed by atoms with Crippen molar-refractivity contribution in [2.75, 3.05) is 46.3 Å². The van der Waals surface area contributed by atoms with E-state index in [-0.39, 0.29) is 24.2 Å². The summed E-state index contributed by atoms with van der Waals surface area (Å²) in [5.74, 6) is -0.345. The van der Waals surface area contributed by atoms with Crippen LogP contribution in [0.2, 0.25) is 5.02 Å². The molecule has 2 amide bonds. The van der Waals surface area contributed by atoms with E-state index >= 15 is 0 Å². The van der Waals surface area contributed by atoms with E-state index in [1.54, 1.807) is 24.5 Å². The minimum Gasteiger partial charge on any atom is -0.351 e. The highest BCUT2D eigenvalue weighted by atomic mass is 35.5. The van der Waals surface area contributed by atoms with Gasteiger partial charge >= 0.3 is 0 Å². The fourth-order valence-corrected chi connectivity index (χ4v) is 5.48. The number of piperidine rings is 1. The Morgan fingerprint density at radius 2 is 1.76 bits per heavy atom. The molecule has 1 aromatic carbocycles. The van der Waals surface area contributed by atoms with Crippen LogP contribution in [0, 0.1) is 0 Å². The van der Waals surface area contributed by atoms with Crippen LogP contribution in [0.5, 0.6) is 0 Å². The predicted molar refractivity (Wildman–Crippen MR) is 148 cm³/mol. The molecule has 0 bridgehead atoms. The second-order valence-corrected chi connectivity index (χ2v) is 10.3. The number of rotatable bonds is 6. The van der Waals surface area contributed by atoms with Crippen LogP contribution in [0.25, 0.3) is 10.9 Å². The van der Waals surface area contributed by atoms with Crippen LogP contribution in [-0.4, -0.2) is 94.9 Å². The standard InChI is InChI=1S/C27H33ClN6O2.ClH/c1-32-10-6-22(7-11-32)33-12-14-34(15-13-33)27(36)25(16-19-4-8-29-9-5-19)31-26(35)24-18-20-17-21(28)2-3-23(20)30-24;/h2-5,8-9,17-18,22,25,30H,6-7,10-16H2,1H3,(H,31,35);1H/t25-;/m1./s1. The zero-order valence-corrected chi connectivity index (χ0v) is 22.6. The summed E-state index contributed by atoms with van der Waals surface area (Å²) in [5.41, 5.74) is 2.19. The number of likely N-dealkylation sites (tertiary alicyclic amines) is 1. The minimum atomic E-state index is -0.662. The molecule has 8 nitrogen and oxygen atoms in total. The van der Waals surface area contributed by atoms with Gasteiger partial charge in [0.2, 0.25) is 5.91 Å². The number of pyridine rings is 1. The molecule has 2 aromatic heterocycles. The van der Waals surface area contributed by atoms with Crippen molar-refractivity contribution >= 4 is 46.7 Å². The summed E-state index contributed by atoms with van der Waals surface area (Å²) in [4.78, 5) is 40.9. The summed E-state index contributed by atoms with van der Waals surface area (Å²) in [5, 5.41) is 4.47. The third-order valence-corrected chi connectivity index (χ3v) is 7.69. The van der Waals surface area contributed by atoms with Gasteiger partial charge in [-0.15, -0.1) is 12.4 Å². The topological polar surface area (TPSA) is 84.6 Å². The number of fused-ring (bicyclic) bond motifs is 1. The summed E-state index contributed by atoms with van der Waals surface area (Å²) in [6.07, 6.45) is 6.19. The number of aromatic amines is 1. The number of aromatic nitrogens is 2. The highest BCUT2D eigenvalue weighted by molar-refractivity contribution is 6.31. The molecule has 0 unspecified atom stereocenters. The fourth-order valence-electron chi connectivity index (χ4n) is 5.30. The Kier molecular flexibility index (Phi) is 9.08. The number of benzene rings is 1. The Labute approximate surface area is 228 Å². The third-order valence-electron chi connectivity index (χ3n) is 7.45. The highest BCUT2D eigenvalue weighted by Gasteiger charge is 2.32. The maximum Gasteiger partial charge on any atom is 0.268 e. The molecule has 0 radical (unpaired) electrons. The summed E-state index contributed by atoms with van der Waals surface area (Å²) >= 11 is 6.10. The number of nitrogens with one attached hydrogen (secondary N) is 2. The van der Waals surface area contributed by atoms with Gasteiger partial charge in [-0.2, -0.15) is 0 Å². The molecule has 2 N–H and O–H groups in total. The van der Waals surface area contributed by atoms with Crippen molar-refractivity contribution in [1.29, 1.82) is 0 Å². The van der Waals surface area contributed by atoms with E-state index in [0.717, 1.165) is 42.6 Å². The second-order valence-electron chi connectivity index (χ2n) is 9.90. The fraction of sp³-hybridized carbons (Fsp3) is 0.444. The molecule has 0 saturated carbocycles. The van der Waals surface area contributed by atoms with E-state index in [1.165, 1.54) is 12.8 Å². The number of nitrogens with zero attached hydrogens (tertiary/aromatic N) is 4. The van der Waals surface area contributed by atoms with Gasteiger partial charge in [0.25, 0.3) is 5.91 Å². The van der Waals surface area contributed by atoms with E-state index in [1.807, 2.05) is 29.2 Å². The first-order valence-corrected chi connectivity index (χ1v) is 13.0. The summed E-state index contributed by atoms with van der Waals surface area (Å²) < 4.78 is 0. The molecule has 0 aliphatic carbocycles. The Hall–Kier alpha value is -2.65. The molecule has 5 rings (SSSR count).